The van der Waals surface area contributed by atoms with Crippen molar-refractivity contribution in [3.63, 3.8) is 0 Å². The first-order chi connectivity index (χ1) is 8.02. The summed E-state index contributed by atoms with van der Waals surface area (Å²) in [6.07, 6.45) is 1.12. The Hall–Kier alpha value is -0.690. The van der Waals surface area contributed by atoms with Gasteiger partial charge < -0.3 is 10.1 Å². The number of hydrogen-bond acceptors (Lipinski definition) is 2. The van der Waals surface area contributed by atoms with E-state index in [1.807, 2.05) is 29.5 Å². The molecule has 1 aromatic carbocycles. The third-order valence-electron chi connectivity index (χ3n) is 2.39. The monoisotopic (exact) mass is 351 g/mol. The molecule has 1 N–H and O–H groups in total. The van der Waals surface area contributed by atoms with Crippen LogP contribution in [-0.4, -0.2) is 19.1 Å². The molecule has 1 atom stereocenters. The van der Waals surface area contributed by atoms with Crippen molar-refractivity contribution in [1.82, 2.24) is 0 Å². The second kappa shape index (κ2) is 6.90. The maximum Gasteiger partial charge on any atom is 0.224 e. The number of rotatable bonds is 5. The number of nitrogens with one attached hydrogen (secondary N) is 1. The number of amides is 1. The van der Waals surface area contributed by atoms with Gasteiger partial charge in [0.15, 0.2) is 0 Å². The summed E-state index contributed by atoms with van der Waals surface area (Å²) >= 11 is 1.99. The quantitative estimate of drug-likeness (QED) is 0.828. The van der Waals surface area contributed by atoms with Gasteiger partial charge in [0.2, 0.25) is 5.91 Å². The zero-order chi connectivity index (χ0) is 12.8. The number of halogens is 2. The van der Waals surface area contributed by atoms with Gasteiger partial charge in [-0.3, -0.25) is 4.79 Å². The summed E-state index contributed by atoms with van der Waals surface area (Å²) < 4.78 is 18.6. The van der Waals surface area contributed by atoms with Crippen molar-refractivity contribution in [3.8, 4) is 0 Å². The minimum absolute atomic E-state index is 0.0630. The molecule has 5 heteroatoms. The average molecular weight is 351 g/mol. The molecule has 0 radical (unpaired) electrons. The Bertz CT molecular complexity index is 398. The fourth-order valence-corrected chi connectivity index (χ4v) is 1.87. The minimum atomic E-state index is -0.305. The molecule has 0 saturated carbocycles. The van der Waals surface area contributed by atoms with E-state index in [1.54, 1.807) is 13.2 Å². The van der Waals surface area contributed by atoms with Gasteiger partial charge in [0, 0.05) is 17.1 Å². The summed E-state index contributed by atoms with van der Waals surface area (Å²) in [5.41, 5.74) is 0.641. The van der Waals surface area contributed by atoms with Gasteiger partial charge in [0.25, 0.3) is 0 Å². The van der Waals surface area contributed by atoms with Crippen molar-refractivity contribution in [2.24, 2.45) is 0 Å². The Morgan fingerprint density at radius 3 is 2.88 bits per heavy atom. The van der Waals surface area contributed by atoms with Crippen molar-refractivity contribution in [2.75, 3.05) is 12.4 Å². The van der Waals surface area contributed by atoms with E-state index < -0.39 is 0 Å². The summed E-state index contributed by atoms with van der Waals surface area (Å²) in [7, 11) is 1.62. The molecule has 0 aromatic heterocycles. The van der Waals surface area contributed by atoms with Crippen molar-refractivity contribution < 1.29 is 13.9 Å². The van der Waals surface area contributed by atoms with Crippen molar-refractivity contribution in [1.29, 1.82) is 0 Å². The van der Waals surface area contributed by atoms with Gasteiger partial charge >= 0.3 is 0 Å². The van der Waals surface area contributed by atoms with Crippen LogP contribution in [0.1, 0.15) is 19.8 Å². The highest BCUT2D eigenvalue weighted by molar-refractivity contribution is 14.1. The predicted octanol–water partition coefficient (Wildman–Crippen LogP) is 3.18. The number of anilines is 1. The number of benzene rings is 1. The molecule has 1 rings (SSSR count). The van der Waals surface area contributed by atoms with Crippen LogP contribution in [0.4, 0.5) is 10.1 Å². The fraction of sp³-hybridized carbons (Fsp3) is 0.417. The van der Waals surface area contributed by atoms with Gasteiger partial charge in [-0.05, 0) is 54.1 Å². The van der Waals surface area contributed by atoms with Crippen molar-refractivity contribution in [2.45, 2.75) is 25.9 Å². The molecule has 94 valence electrons. The van der Waals surface area contributed by atoms with E-state index >= 15 is 0 Å². The number of carbonyl (C=O) groups is 1. The number of ether oxygens (including phenoxy) is 1. The molecular weight excluding hydrogens is 336 g/mol. The summed E-state index contributed by atoms with van der Waals surface area (Å²) in [6, 6.07) is 4.28. The lowest BCUT2D eigenvalue weighted by atomic mass is 10.2. The molecule has 1 aromatic rings. The lowest BCUT2D eigenvalue weighted by Crippen LogP contribution is -2.15. The molecule has 1 amide bonds. The van der Waals surface area contributed by atoms with Crippen LogP contribution in [0.3, 0.4) is 0 Å². The molecule has 0 heterocycles. The number of carbonyl (C=O) groups excluding carboxylic acids is 1. The Kier molecular flexibility index (Phi) is 5.84. The smallest absolute Gasteiger partial charge is 0.224 e. The summed E-state index contributed by atoms with van der Waals surface area (Å²) in [5, 5.41) is 2.75. The molecule has 0 aliphatic rings. The SMILES string of the molecule is COC(C)CCC(=O)Nc1ccc(F)cc1I. The van der Waals surface area contributed by atoms with Gasteiger partial charge in [-0.25, -0.2) is 4.39 Å². The average Bonchev–Trinajstić information content (AvgIpc) is 2.29. The molecule has 0 saturated heterocycles. The van der Waals surface area contributed by atoms with Crippen LogP contribution in [0.5, 0.6) is 0 Å². The standard InChI is InChI=1S/C12H15FINO2/c1-8(17-2)3-6-12(16)15-11-5-4-9(13)7-10(11)14/h4-5,7-8H,3,6H2,1-2H3,(H,15,16). The molecule has 0 aliphatic heterocycles. The van der Waals surface area contributed by atoms with Gasteiger partial charge in [0.1, 0.15) is 5.82 Å². The van der Waals surface area contributed by atoms with Crippen LogP contribution >= 0.6 is 22.6 Å². The van der Waals surface area contributed by atoms with E-state index in [1.165, 1.54) is 12.1 Å². The molecule has 0 spiro atoms. The summed E-state index contributed by atoms with van der Waals surface area (Å²) in [6.45, 7) is 1.91. The predicted molar refractivity (Wildman–Crippen MR) is 73.5 cm³/mol. The second-order valence-corrected chi connectivity index (χ2v) is 4.92. The van der Waals surface area contributed by atoms with Crippen LogP contribution in [0.15, 0.2) is 18.2 Å². The van der Waals surface area contributed by atoms with Gasteiger partial charge in [-0.1, -0.05) is 0 Å². The van der Waals surface area contributed by atoms with Gasteiger partial charge in [0.05, 0.1) is 11.8 Å². The maximum absolute atomic E-state index is 12.9. The normalized spacial score (nSPS) is 12.2. The van der Waals surface area contributed by atoms with Crippen LogP contribution in [0.25, 0.3) is 0 Å². The highest BCUT2D eigenvalue weighted by atomic mass is 127. The summed E-state index contributed by atoms with van der Waals surface area (Å²) in [5.74, 6) is -0.390. The highest BCUT2D eigenvalue weighted by Crippen LogP contribution is 2.19. The van der Waals surface area contributed by atoms with Crippen LogP contribution in [0.2, 0.25) is 0 Å². The Morgan fingerprint density at radius 2 is 2.29 bits per heavy atom. The second-order valence-electron chi connectivity index (χ2n) is 3.76. The molecule has 17 heavy (non-hydrogen) atoms. The molecule has 0 aliphatic carbocycles. The number of hydrogen-bond donors (Lipinski definition) is 1. The topological polar surface area (TPSA) is 38.3 Å². The Labute approximate surface area is 114 Å². The molecular formula is C12H15FINO2. The van der Waals surface area contributed by atoms with E-state index in [0.29, 0.717) is 22.1 Å². The Balaban J connectivity index is 2.50. The van der Waals surface area contributed by atoms with Crippen LogP contribution in [0, 0.1) is 9.39 Å². The van der Waals surface area contributed by atoms with Crippen LogP contribution in [-0.2, 0) is 9.53 Å². The molecule has 3 nitrogen and oxygen atoms in total. The third kappa shape index (κ3) is 4.99. The van der Waals surface area contributed by atoms with Crippen molar-refractivity contribution in [3.05, 3.63) is 27.6 Å². The van der Waals surface area contributed by atoms with E-state index in [4.69, 9.17) is 4.74 Å². The van der Waals surface area contributed by atoms with E-state index in [2.05, 4.69) is 5.32 Å². The summed E-state index contributed by atoms with van der Waals surface area (Å²) in [4.78, 5) is 11.6. The van der Waals surface area contributed by atoms with Gasteiger partial charge in [-0.15, -0.1) is 0 Å². The first-order valence-corrected chi connectivity index (χ1v) is 6.38. The Morgan fingerprint density at radius 1 is 1.59 bits per heavy atom. The maximum atomic E-state index is 12.9. The zero-order valence-electron chi connectivity index (χ0n) is 9.80. The van der Waals surface area contributed by atoms with Crippen LogP contribution < -0.4 is 5.32 Å². The largest absolute Gasteiger partial charge is 0.382 e. The van der Waals surface area contributed by atoms with E-state index in [-0.39, 0.29) is 17.8 Å². The molecule has 1 unspecified atom stereocenters. The van der Waals surface area contributed by atoms with E-state index in [0.717, 1.165) is 0 Å². The molecule has 0 bridgehead atoms. The lowest BCUT2D eigenvalue weighted by molar-refractivity contribution is -0.116. The third-order valence-corrected chi connectivity index (χ3v) is 3.28. The molecule has 0 fully saturated rings. The first-order valence-electron chi connectivity index (χ1n) is 5.30. The number of methoxy groups -OCH3 is 1. The minimum Gasteiger partial charge on any atom is -0.382 e. The zero-order valence-corrected chi connectivity index (χ0v) is 12.0. The fourth-order valence-electron chi connectivity index (χ4n) is 1.26. The highest BCUT2D eigenvalue weighted by Gasteiger charge is 2.08. The van der Waals surface area contributed by atoms with Crippen molar-refractivity contribution >= 4 is 34.2 Å². The van der Waals surface area contributed by atoms with Gasteiger partial charge in [-0.2, -0.15) is 0 Å². The lowest BCUT2D eigenvalue weighted by Gasteiger charge is -2.10. The van der Waals surface area contributed by atoms with E-state index in [9.17, 15) is 9.18 Å². The first kappa shape index (κ1) is 14.4.